The second kappa shape index (κ2) is 8.81. The molecule has 0 aromatic carbocycles. The number of furan rings is 1. The monoisotopic (exact) mass is 429 g/mol. The molecular formula is C19H23N7O5. The summed E-state index contributed by atoms with van der Waals surface area (Å²) in [6, 6.07) is 3.44. The second-order valence-electron chi connectivity index (χ2n) is 7.18. The minimum absolute atomic E-state index is 0.0598. The molecule has 0 bridgehead atoms. The Hall–Kier alpha value is -3.96. The van der Waals surface area contributed by atoms with Crippen LogP contribution in [0.3, 0.4) is 0 Å². The number of aromatic nitrogens is 4. The lowest BCUT2D eigenvalue weighted by Crippen LogP contribution is -2.28. The Kier molecular flexibility index (Phi) is 6.18. The number of nitro groups is 1. The second-order valence-corrected chi connectivity index (χ2v) is 7.18. The summed E-state index contributed by atoms with van der Waals surface area (Å²) in [4.78, 5) is 35.9. The highest BCUT2D eigenvalue weighted by molar-refractivity contribution is 6.02. The van der Waals surface area contributed by atoms with Crippen LogP contribution in [0.25, 0.3) is 0 Å². The van der Waals surface area contributed by atoms with E-state index in [9.17, 15) is 19.7 Å². The van der Waals surface area contributed by atoms with Gasteiger partial charge >= 0.3 is 5.69 Å². The topological polar surface area (TPSA) is 150 Å². The predicted octanol–water partition coefficient (Wildman–Crippen LogP) is 1.94. The zero-order chi connectivity index (χ0) is 22.7. The molecule has 12 heteroatoms. The summed E-state index contributed by atoms with van der Waals surface area (Å²) in [7, 11) is 1.64. The molecule has 0 fully saturated rings. The van der Waals surface area contributed by atoms with Gasteiger partial charge in [-0.25, -0.2) is 0 Å². The molecule has 0 saturated heterocycles. The lowest BCUT2D eigenvalue weighted by atomic mass is 10.1. The van der Waals surface area contributed by atoms with Crippen molar-refractivity contribution in [3.05, 3.63) is 57.5 Å². The van der Waals surface area contributed by atoms with Gasteiger partial charge in [0.2, 0.25) is 5.91 Å². The van der Waals surface area contributed by atoms with Gasteiger partial charge < -0.3 is 15.1 Å². The highest BCUT2D eigenvalue weighted by atomic mass is 16.6. The number of hydrogen-bond donors (Lipinski definition) is 2. The first-order valence-electron chi connectivity index (χ1n) is 9.50. The first-order chi connectivity index (χ1) is 14.7. The van der Waals surface area contributed by atoms with Crippen LogP contribution in [0.1, 0.15) is 34.6 Å². The van der Waals surface area contributed by atoms with Crippen molar-refractivity contribution in [2.75, 3.05) is 5.32 Å². The van der Waals surface area contributed by atoms with Gasteiger partial charge in [-0.15, -0.1) is 0 Å². The van der Waals surface area contributed by atoms with Crippen LogP contribution in [0.4, 0.5) is 11.4 Å². The maximum atomic E-state index is 12.7. The number of hydrogen-bond acceptors (Lipinski definition) is 7. The van der Waals surface area contributed by atoms with Crippen LogP contribution in [-0.4, -0.2) is 36.3 Å². The number of nitrogens with one attached hydrogen (secondary N) is 2. The standard InChI is InChI=1S/C19H23N7O5/c1-11(9-25-13(3)17(26(29)30)12(2)22-25)18(27)21-15-10-24(4)23-16(15)19(28)20-8-14-6-5-7-31-14/h5-7,10-11H,8-9H2,1-4H3,(H,20,28)(H,21,27). The number of amides is 2. The van der Waals surface area contributed by atoms with E-state index >= 15 is 0 Å². The zero-order valence-electron chi connectivity index (χ0n) is 17.6. The summed E-state index contributed by atoms with van der Waals surface area (Å²) in [6.07, 6.45) is 3.04. The molecule has 1 atom stereocenters. The van der Waals surface area contributed by atoms with Crippen molar-refractivity contribution in [2.24, 2.45) is 13.0 Å². The molecule has 0 spiro atoms. The maximum absolute atomic E-state index is 12.7. The number of aryl methyl sites for hydroxylation is 2. The lowest BCUT2D eigenvalue weighted by Gasteiger charge is -2.13. The van der Waals surface area contributed by atoms with Crippen LogP contribution in [0.5, 0.6) is 0 Å². The Balaban J connectivity index is 1.68. The van der Waals surface area contributed by atoms with Crippen molar-refractivity contribution in [1.29, 1.82) is 0 Å². The molecule has 3 aromatic rings. The van der Waals surface area contributed by atoms with Crippen LogP contribution in [0.15, 0.2) is 29.0 Å². The third-order valence-corrected chi connectivity index (χ3v) is 4.73. The Labute approximate surface area is 177 Å². The molecule has 0 aliphatic rings. The Morgan fingerprint density at radius 1 is 1.32 bits per heavy atom. The minimum Gasteiger partial charge on any atom is -0.467 e. The van der Waals surface area contributed by atoms with Gasteiger partial charge in [-0.2, -0.15) is 10.2 Å². The fraction of sp³-hybridized carbons (Fsp3) is 0.368. The molecule has 0 saturated carbocycles. The summed E-state index contributed by atoms with van der Waals surface area (Å²) >= 11 is 0. The molecule has 164 valence electrons. The van der Waals surface area contributed by atoms with E-state index in [1.165, 1.54) is 21.8 Å². The van der Waals surface area contributed by atoms with E-state index in [0.29, 0.717) is 11.5 Å². The van der Waals surface area contributed by atoms with Gasteiger partial charge in [-0.05, 0) is 26.0 Å². The third-order valence-electron chi connectivity index (χ3n) is 4.73. The molecule has 2 amide bonds. The summed E-state index contributed by atoms with van der Waals surface area (Å²) in [5.74, 6) is -0.822. The highest BCUT2D eigenvalue weighted by Crippen LogP contribution is 2.23. The van der Waals surface area contributed by atoms with Crippen LogP contribution in [0, 0.1) is 29.9 Å². The number of carbonyl (C=O) groups excluding carboxylic acids is 2. The van der Waals surface area contributed by atoms with Crippen molar-refractivity contribution in [3.8, 4) is 0 Å². The maximum Gasteiger partial charge on any atom is 0.312 e. The quantitative estimate of drug-likeness (QED) is 0.410. The summed E-state index contributed by atoms with van der Waals surface area (Å²) < 4.78 is 8.05. The molecule has 1 unspecified atom stereocenters. The molecular weight excluding hydrogens is 406 g/mol. The number of carbonyl (C=O) groups is 2. The molecule has 3 rings (SSSR count). The van der Waals surface area contributed by atoms with E-state index in [1.54, 1.807) is 40.0 Å². The van der Waals surface area contributed by atoms with E-state index in [-0.39, 0.29) is 41.8 Å². The average molecular weight is 429 g/mol. The Morgan fingerprint density at radius 2 is 2.06 bits per heavy atom. The van der Waals surface area contributed by atoms with Crippen LogP contribution in [-0.2, 0) is 24.9 Å². The molecule has 0 aliphatic heterocycles. The average Bonchev–Trinajstić information content (AvgIpc) is 3.40. The van der Waals surface area contributed by atoms with E-state index < -0.39 is 16.7 Å². The molecule has 31 heavy (non-hydrogen) atoms. The van der Waals surface area contributed by atoms with E-state index in [4.69, 9.17) is 4.42 Å². The highest BCUT2D eigenvalue weighted by Gasteiger charge is 2.25. The van der Waals surface area contributed by atoms with Gasteiger partial charge in [0.25, 0.3) is 5.91 Å². The van der Waals surface area contributed by atoms with Crippen LogP contribution < -0.4 is 10.6 Å². The molecule has 0 radical (unpaired) electrons. The van der Waals surface area contributed by atoms with Crippen LogP contribution in [0.2, 0.25) is 0 Å². The number of rotatable bonds is 8. The molecule has 12 nitrogen and oxygen atoms in total. The summed E-state index contributed by atoms with van der Waals surface area (Å²) in [5, 5.41) is 24.9. The van der Waals surface area contributed by atoms with Crippen molar-refractivity contribution in [2.45, 2.75) is 33.9 Å². The zero-order valence-corrected chi connectivity index (χ0v) is 17.6. The largest absolute Gasteiger partial charge is 0.467 e. The predicted molar refractivity (Wildman–Crippen MR) is 109 cm³/mol. The molecule has 0 aliphatic carbocycles. The fourth-order valence-corrected chi connectivity index (χ4v) is 3.14. The van der Waals surface area contributed by atoms with E-state index in [0.717, 1.165) is 0 Å². The van der Waals surface area contributed by atoms with Crippen molar-refractivity contribution >= 4 is 23.2 Å². The summed E-state index contributed by atoms with van der Waals surface area (Å²) in [6.45, 7) is 5.14. The SMILES string of the molecule is Cc1nn(CC(C)C(=O)Nc2cn(C)nc2C(=O)NCc2ccco2)c(C)c1[N+](=O)[O-]. The molecule has 2 N–H and O–H groups in total. The van der Waals surface area contributed by atoms with Gasteiger partial charge in [-0.3, -0.25) is 29.1 Å². The van der Waals surface area contributed by atoms with Gasteiger partial charge in [0, 0.05) is 13.2 Å². The van der Waals surface area contributed by atoms with Crippen LogP contribution >= 0.6 is 0 Å². The van der Waals surface area contributed by atoms with Gasteiger partial charge in [-0.1, -0.05) is 6.92 Å². The van der Waals surface area contributed by atoms with E-state index in [1.807, 2.05) is 0 Å². The third kappa shape index (κ3) is 4.79. The summed E-state index contributed by atoms with van der Waals surface area (Å²) in [5.41, 5.74) is 0.932. The fourth-order valence-electron chi connectivity index (χ4n) is 3.14. The molecule has 3 aromatic heterocycles. The first kappa shape index (κ1) is 21.7. The minimum atomic E-state index is -0.572. The van der Waals surface area contributed by atoms with Gasteiger partial charge in [0.1, 0.15) is 17.1 Å². The van der Waals surface area contributed by atoms with Crippen molar-refractivity contribution in [3.63, 3.8) is 0 Å². The van der Waals surface area contributed by atoms with Crippen molar-refractivity contribution < 1.29 is 18.9 Å². The van der Waals surface area contributed by atoms with E-state index in [2.05, 4.69) is 20.8 Å². The van der Waals surface area contributed by atoms with Crippen molar-refractivity contribution in [1.82, 2.24) is 24.9 Å². The van der Waals surface area contributed by atoms with Gasteiger partial charge in [0.15, 0.2) is 5.69 Å². The first-order valence-corrected chi connectivity index (χ1v) is 9.50. The van der Waals surface area contributed by atoms with Gasteiger partial charge in [0.05, 0.1) is 35.9 Å². The smallest absolute Gasteiger partial charge is 0.312 e. The lowest BCUT2D eigenvalue weighted by molar-refractivity contribution is -0.386. The number of nitrogens with zero attached hydrogens (tertiary/aromatic N) is 5. The Bertz CT molecular complexity index is 1110. The number of anilines is 1. The normalized spacial score (nSPS) is 11.9. The molecule has 3 heterocycles. The Morgan fingerprint density at radius 3 is 2.68 bits per heavy atom.